The summed E-state index contributed by atoms with van der Waals surface area (Å²) in [5, 5.41) is 0. The lowest BCUT2D eigenvalue weighted by Gasteiger charge is -2.44. The molecule has 10 nitrogen and oxygen atoms in total. The lowest BCUT2D eigenvalue weighted by Crippen LogP contribution is -2.62. The predicted octanol–water partition coefficient (Wildman–Crippen LogP) is 3.97. The van der Waals surface area contributed by atoms with Crippen molar-refractivity contribution in [3.63, 3.8) is 0 Å². The molecule has 0 spiro atoms. The summed E-state index contributed by atoms with van der Waals surface area (Å²) in [5.41, 5.74) is 1.40. The first kappa shape index (κ1) is 29.7. The summed E-state index contributed by atoms with van der Waals surface area (Å²) in [6.07, 6.45) is -5.84. The number of hydrogen-bond donors (Lipinski definition) is 0. The molecule has 3 aromatic rings. The smallest absolute Gasteiger partial charge is 0.338 e. The van der Waals surface area contributed by atoms with Gasteiger partial charge < -0.3 is 33.2 Å². The Morgan fingerprint density at radius 1 is 0.707 bits per heavy atom. The summed E-state index contributed by atoms with van der Waals surface area (Å²) in [5.74, 6) is -1.34. The zero-order valence-electron chi connectivity index (χ0n) is 23.0. The molecule has 4 rings (SSSR count). The molecule has 1 heterocycles. The highest BCUT2D eigenvalue weighted by molar-refractivity contribution is 5.90. The second-order valence-electron chi connectivity index (χ2n) is 9.19. The van der Waals surface area contributed by atoms with Gasteiger partial charge in [0, 0.05) is 14.0 Å². The third-order valence-corrected chi connectivity index (χ3v) is 6.34. The van der Waals surface area contributed by atoms with E-state index in [2.05, 4.69) is 0 Å². The van der Waals surface area contributed by atoms with Crippen LogP contribution in [0.4, 0.5) is 0 Å². The fourth-order valence-corrected chi connectivity index (χ4v) is 4.34. The van der Waals surface area contributed by atoms with Crippen molar-refractivity contribution < 1.29 is 47.5 Å². The second kappa shape index (κ2) is 14.4. The Bertz CT molecular complexity index is 1280. The van der Waals surface area contributed by atoms with Gasteiger partial charge in [-0.1, -0.05) is 48.5 Å². The molecule has 1 aliphatic rings. The SMILES string of the molecule is COc1ccc(COC[C@H]2O[C@H](OC)[C@H](OC(=O)c3ccccc3)[C@@H](OC(=O)c3ccccc3)[C@@H]2OC(C)=O)cc1. The number of ether oxygens (including phenoxy) is 7. The molecule has 3 aromatic carbocycles. The Morgan fingerprint density at radius 3 is 1.78 bits per heavy atom. The van der Waals surface area contributed by atoms with Gasteiger partial charge in [-0.25, -0.2) is 9.59 Å². The number of methoxy groups -OCH3 is 2. The van der Waals surface area contributed by atoms with Crippen LogP contribution in [0.1, 0.15) is 33.2 Å². The summed E-state index contributed by atoms with van der Waals surface area (Å²) in [7, 11) is 2.95. The average molecular weight is 565 g/mol. The maximum absolute atomic E-state index is 13.2. The van der Waals surface area contributed by atoms with E-state index < -0.39 is 48.6 Å². The van der Waals surface area contributed by atoms with Crippen LogP contribution in [-0.2, 0) is 39.8 Å². The molecular formula is C31H32O10. The number of benzene rings is 3. The van der Waals surface area contributed by atoms with Crippen molar-refractivity contribution in [2.24, 2.45) is 0 Å². The van der Waals surface area contributed by atoms with Crippen LogP contribution in [0.25, 0.3) is 0 Å². The van der Waals surface area contributed by atoms with E-state index in [-0.39, 0.29) is 24.3 Å². The zero-order chi connectivity index (χ0) is 29.2. The molecule has 0 radical (unpaired) electrons. The molecule has 0 aromatic heterocycles. The highest BCUT2D eigenvalue weighted by atomic mass is 16.7. The highest BCUT2D eigenvalue weighted by Gasteiger charge is 2.52. The maximum Gasteiger partial charge on any atom is 0.338 e. The van der Waals surface area contributed by atoms with E-state index in [1.807, 2.05) is 24.3 Å². The molecule has 5 atom stereocenters. The Hall–Kier alpha value is -4.25. The van der Waals surface area contributed by atoms with Crippen molar-refractivity contribution in [3.05, 3.63) is 102 Å². The van der Waals surface area contributed by atoms with Gasteiger partial charge in [0.25, 0.3) is 0 Å². The second-order valence-corrected chi connectivity index (χ2v) is 9.19. The van der Waals surface area contributed by atoms with Gasteiger partial charge in [-0.2, -0.15) is 0 Å². The molecule has 41 heavy (non-hydrogen) atoms. The fourth-order valence-electron chi connectivity index (χ4n) is 4.34. The van der Waals surface area contributed by atoms with Crippen molar-refractivity contribution in [1.82, 2.24) is 0 Å². The van der Waals surface area contributed by atoms with E-state index >= 15 is 0 Å². The molecule has 1 aliphatic heterocycles. The van der Waals surface area contributed by atoms with E-state index in [4.69, 9.17) is 33.2 Å². The molecule has 0 unspecified atom stereocenters. The minimum absolute atomic E-state index is 0.0530. The zero-order valence-corrected chi connectivity index (χ0v) is 23.0. The minimum Gasteiger partial charge on any atom is -0.497 e. The normalized spacial score (nSPS) is 21.9. The van der Waals surface area contributed by atoms with Crippen LogP contribution in [0, 0.1) is 0 Å². The lowest BCUT2D eigenvalue weighted by molar-refractivity contribution is -0.297. The summed E-state index contributed by atoms with van der Waals surface area (Å²) >= 11 is 0. The Labute approximate surface area is 238 Å². The molecule has 216 valence electrons. The van der Waals surface area contributed by atoms with Gasteiger partial charge in [-0.05, 0) is 42.0 Å². The van der Waals surface area contributed by atoms with Crippen molar-refractivity contribution in [2.75, 3.05) is 20.8 Å². The van der Waals surface area contributed by atoms with Crippen LogP contribution in [0.3, 0.4) is 0 Å². The molecule has 0 aliphatic carbocycles. The van der Waals surface area contributed by atoms with Crippen LogP contribution in [0.15, 0.2) is 84.9 Å². The van der Waals surface area contributed by atoms with E-state index in [0.717, 1.165) is 5.56 Å². The van der Waals surface area contributed by atoms with Crippen molar-refractivity contribution in [1.29, 1.82) is 0 Å². The Morgan fingerprint density at radius 2 is 1.27 bits per heavy atom. The molecule has 0 N–H and O–H groups in total. The number of rotatable bonds is 11. The first-order valence-electron chi connectivity index (χ1n) is 13.0. The first-order valence-corrected chi connectivity index (χ1v) is 13.0. The Balaban J connectivity index is 1.60. The van der Waals surface area contributed by atoms with E-state index in [0.29, 0.717) is 5.75 Å². The van der Waals surface area contributed by atoms with Gasteiger partial charge in [0.05, 0.1) is 31.5 Å². The average Bonchev–Trinajstić information content (AvgIpc) is 3.00. The molecule has 10 heteroatoms. The summed E-state index contributed by atoms with van der Waals surface area (Å²) in [6.45, 7) is 1.39. The first-order chi connectivity index (χ1) is 19.9. The number of carbonyl (C=O) groups excluding carboxylic acids is 3. The largest absolute Gasteiger partial charge is 0.497 e. The van der Waals surface area contributed by atoms with Gasteiger partial charge in [0.15, 0.2) is 24.6 Å². The van der Waals surface area contributed by atoms with E-state index in [1.54, 1.807) is 67.8 Å². The molecule has 1 fully saturated rings. The van der Waals surface area contributed by atoms with E-state index in [1.165, 1.54) is 14.0 Å². The summed E-state index contributed by atoms with van der Waals surface area (Å²) in [4.78, 5) is 38.4. The van der Waals surface area contributed by atoms with Gasteiger partial charge in [0.1, 0.15) is 11.9 Å². The lowest BCUT2D eigenvalue weighted by atomic mass is 9.98. The maximum atomic E-state index is 13.2. The van der Waals surface area contributed by atoms with Crippen molar-refractivity contribution >= 4 is 17.9 Å². The quantitative estimate of drug-likeness (QED) is 0.250. The number of hydrogen-bond acceptors (Lipinski definition) is 10. The predicted molar refractivity (Wildman–Crippen MR) is 145 cm³/mol. The van der Waals surface area contributed by atoms with Gasteiger partial charge in [-0.15, -0.1) is 0 Å². The third-order valence-electron chi connectivity index (χ3n) is 6.34. The van der Waals surface area contributed by atoms with Crippen LogP contribution >= 0.6 is 0 Å². The minimum atomic E-state index is -1.28. The topological polar surface area (TPSA) is 116 Å². The molecule has 1 saturated heterocycles. The molecule has 0 bridgehead atoms. The van der Waals surface area contributed by atoms with Gasteiger partial charge in [0.2, 0.25) is 0 Å². The third kappa shape index (κ3) is 7.91. The number of esters is 3. The highest BCUT2D eigenvalue weighted by Crippen LogP contribution is 2.31. The molecule has 0 amide bonds. The van der Waals surface area contributed by atoms with Crippen LogP contribution in [-0.4, -0.2) is 69.4 Å². The standard InChI is InChI=1S/C31H32O10/c1-20(32)38-26-25(19-37-18-21-14-16-24(35-2)17-15-21)39-31(36-3)28(41-30(34)23-12-8-5-9-13-23)27(26)40-29(33)22-10-6-4-7-11-22/h4-17,25-28,31H,18-19H2,1-3H3/t25-,26-,27+,28-,31+/m1/s1. The van der Waals surface area contributed by atoms with Crippen molar-refractivity contribution in [3.8, 4) is 5.75 Å². The summed E-state index contributed by atoms with van der Waals surface area (Å²) in [6, 6.07) is 23.9. The Kier molecular flexibility index (Phi) is 10.4. The monoisotopic (exact) mass is 564 g/mol. The van der Waals surface area contributed by atoms with Crippen LogP contribution < -0.4 is 4.74 Å². The molecule has 0 saturated carbocycles. The van der Waals surface area contributed by atoms with Crippen LogP contribution in [0.2, 0.25) is 0 Å². The fraction of sp³-hybridized carbons (Fsp3) is 0.323. The molecular weight excluding hydrogens is 532 g/mol. The van der Waals surface area contributed by atoms with E-state index in [9.17, 15) is 14.4 Å². The van der Waals surface area contributed by atoms with Gasteiger partial charge >= 0.3 is 17.9 Å². The van der Waals surface area contributed by atoms with Crippen molar-refractivity contribution in [2.45, 2.75) is 44.2 Å². The summed E-state index contributed by atoms with van der Waals surface area (Å²) < 4.78 is 40.0. The van der Waals surface area contributed by atoms with Crippen LogP contribution in [0.5, 0.6) is 5.75 Å². The number of carbonyl (C=O) groups is 3. The van der Waals surface area contributed by atoms with Gasteiger partial charge in [-0.3, -0.25) is 4.79 Å².